The Morgan fingerprint density at radius 2 is 2.17 bits per heavy atom. The summed E-state index contributed by atoms with van der Waals surface area (Å²) in [6.07, 6.45) is 2.17. The third kappa shape index (κ3) is 2.82. The Balaban J connectivity index is 1.81. The van der Waals surface area contributed by atoms with Gasteiger partial charge in [-0.25, -0.2) is 0 Å². The topological polar surface area (TPSA) is 82.0 Å². The molecule has 0 aromatic heterocycles. The van der Waals surface area contributed by atoms with Crippen LogP contribution in [0.5, 0.6) is 0 Å². The number of carbonyl (C=O) groups is 1. The zero-order valence-electron chi connectivity index (χ0n) is 14.0. The second kappa shape index (κ2) is 6.76. The number of amides is 1. The predicted octanol–water partition coefficient (Wildman–Crippen LogP) is 2.73. The first-order chi connectivity index (χ1) is 11.5. The fraction of sp³-hybridized carbons (Fsp3) is 0.471. The molecule has 1 aromatic carbocycles. The van der Waals surface area contributed by atoms with E-state index in [4.69, 9.17) is 4.74 Å². The first kappa shape index (κ1) is 17.3. The fourth-order valence-corrected chi connectivity index (χ4v) is 5.27. The van der Waals surface area contributed by atoms with Gasteiger partial charge in [0, 0.05) is 18.2 Å². The average molecular weight is 352 g/mol. The highest BCUT2D eigenvalue weighted by Crippen LogP contribution is 2.64. The Hall–Kier alpha value is -1.54. The number of fused-ring (bicyclic) bond motifs is 1. The van der Waals surface area contributed by atoms with Crippen LogP contribution in [0.2, 0.25) is 0 Å². The Morgan fingerprint density at radius 3 is 2.88 bits per heavy atom. The van der Waals surface area contributed by atoms with Gasteiger partial charge in [0.2, 0.25) is 0 Å². The van der Waals surface area contributed by atoms with E-state index in [2.05, 4.69) is 17.1 Å². The van der Waals surface area contributed by atoms with E-state index in [0.717, 1.165) is 25.9 Å². The number of nitrogens with zero attached hydrogens (tertiary/aromatic N) is 1. The monoisotopic (exact) mass is 352 g/mol. The van der Waals surface area contributed by atoms with E-state index in [-0.39, 0.29) is 10.7 Å². The molecule has 2 heterocycles. The third-order valence-electron chi connectivity index (χ3n) is 4.74. The minimum atomic E-state index is -3.34. The Kier molecular flexibility index (Phi) is 4.87. The molecule has 1 atom stereocenters. The molecule has 0 spiro atoms. The highest BCUT2D eigenvalue weighted by molar-refractivity contribution is 8.28. The number of likely N-dealkylation sites (tertiary alicyclic amines) is 1. The Morgan fingerprint density at radius 1 is 1.42 bits per heavy atom. The predicted molar refractivity (Wildman–Crippen MR) is 94.8 cm³/mol. The summed E-state index contributed by atoms with van der Waals surface area (Å²) < 4.78 is 26.5. The molecule has 1 unspecified atom stereocenters. The maximum Gasteiger partial charge on any atom is 0.271 e. The van der Waals surface area contributed by atoms with Gasteiger partial charge in [-0.3, -0.25) is 18.8 Å². The van der Waals surface area contributed by atoms with Crippen LogP contribution in [0.1, 0.15) is 25.3 Å². The maximum atomic E-state index is 12.7. The summed E-state index contributed by atoms with van der Waals surface area (Å²) >= 11 is 0. The minimum Gasteiger partial charge on any atom is -0.494 e. The number of ether oxygens (including phenoxy) is 1. The second-order valence-electron chi connectivity index (χ2n) is 6.04. The zero-order chi connectivity index (χ0) is 17.3. The summed E-state index contributed by atoms with van der Waals surface area (Å²) in [5.41, 5.74) is 0.571. The molecule has 7 heteroatoms. The first-order valence-electron chi connectivity index (χ1n) is 8.19. The molecule has 3 N–H and O–H groups in total. The van der Waals surface area contributed by atoms with Crippen LogP contribution in [-0.2, 0) is 9.53 Å². The molecule has 6 nitrogen and oxygen atoms in total. The lowest BCUT2D eigenvalue weighted by atomic mass is 10.1. The van der Waals surface area contributed by atoms with E-state index in [1.165, 1.54) is 7.11 Å². The normalized spacial score (nSPS) is 23.9. The van der Waals surface area contributed by atoms with Crippen LogP contribution >= 0.6 is 10.6 Å². The summed E-state index contributed by atoms with van der Waals surface area (Å²) in [6, 6.07) is 7.17. The third-order valence-corrected chi connectivity index (χ3v) is 6.65. The molecule has 2 aliphatic rings. The molecule has 24 heavy (non-hydrogen) atoms. The molecule has 0 aliphatic carbocycles. The van der Waals surface area contributed by atoms with Gasteiger partial charge in [0.25, 0.3) is 5.91 Å². The quantitative estimate of drug-likeness (QED) is 0.759. The van der Waals surface area contributed by atoms with Gasteiger partial charge in [-0.1, -0.05) is 19.1 Å². The van der Waals surface area contributed by atoms with Crippen molar-refractivity contribution < 1.29 is 18.6 Å². The van der Waals surface area contributed by atoms with Crippen molar-refractivity contribution in [1.82, 2.24) is 10.2 Å². The molecule has 1 aromatic rings. The molecule has 1 fully saturated rings. The van der Waals surface area contributed by atoms with Gasteiger partial charge < -0.3 is 10.1 Å². The van der Waals surface area contributed by atoms with Crippen LogP contribution < -0.4 is 5.32 Å². The standard InChI is InChI=1S/C17H24N2O4S/c1-3-19-10-6-7-12(19)11-18-17(20)16-15(23-2)13-8-4-5-9-14(13)24(16,21)22/h4-5,8-9,12,21-22H,3,6-7,10-11H2,1-2H3,(H,18,20). The van der Waals surface area contributed by atoms with Crippen molar-refractivity contribution in [2.45, 2.75) is 30.7 Å². The number of hydrogen-bond acceptors (Lipinski definition) is 5. The number of benzene rings is 1. The number of carbonyl (C=O) groups excluding carboxylic acids is 1. The van der Waals surface area contributed by atoms with E-state index in [1.54, 1.807) is 24.3 Å². The summed E-state index contributed by atoms with van der Waals surface area (Å²) in [5.74, 6) is -0.215. The largest absolute Gasteiger partial charge is 0.494 e. The zero-order valence-corrected chi connectivity index (χ0v) is 14.8. The van der Waals surface area contributed by atoms with Gasteiger partial charge in [0.05, 0.1) is 12.0 Å². The summed E-state index contributed by atoms with van der Waals surface area (Å²) in [4.78, 5) is 15.3. The molecule has 132 valence electrons. The van der Waals surface area contributed by atoms with Gasteiger partial charge in [0.1, 0.15) is 0 Å². The van der Waals surface area contributed by atoms with Crippen LogP contribution in [0.25, 0.3) is 5.76 Å². The minimum absolute atomic E-state index is 0.0627. The SMILES string of the molecule is CCN1CCCC1CNC(=O)C1=C(OC)c2ccccc2S1(O)O. The highest BCUT2D eigenvalue weighted by Gasteiger charge is 2.41. The van der Waals surface area contributed by atoms with Gasteiger partial charge in [-0.15, -0.1) is 10.6 Å². The lowest BCUT2D eigenvalue weighted by Crippen LogP contribution is -2.40. The maximum absolute atomic E-state index is 12.7. The van der Waals surface area contributed by atoms with Crippen molar-refractivity contribution in [2.24, 2.45) is 0 Å². The smallest absolute Gasteiger partial charge is 0.271 e. The molecule has 0 radical (unpaired) electrons. The van der Waals surface area contributed by atoms with Gasteiger partial charge in [0.15, 0.2) is 10.7 Å². The average Bonchev–Trinajstić information content (AvgIpc) is 3.13. The molecule has 0 bridgehead atoms. The lowest BCUT2D eigenvalue weighted by molar-refractivity contribution is -0.117. The summed E-state index contributed by atoms with van der Waals surface area (Å²) in [6.45, 7) is 4.60. The van der Waals surface area contributed by atoms with Crippen molar-refractivity contribution >= 4 is 22.3 Å². The van der Waals surface area contributed by atoms with Gasteiger partial charge >= 0.3 is 0 Å². The molecule has 1 amide bonds. The van der Waals surface area contributed by atoms with E-state index in [0.29, 0.717) is 23.0 Å². The number of methoxy groups -OCH3 is 1. The Labute approximate surface area is 143 Å². The van der Waals surface area contributed by atoms with Gasteiger partial charge in [-0.05, 0) is 38.1 Å². The van der Waals surface area contributed by atoms with Crippen molar-refractivity contribution in [1.29, 1.82) is 0 Å². The second-order valence-corrected chi connectivity index (χ2v) is 7.99. The van der Waals surface area contributed by atoms with Crippen LogP contribution in [0, 0.1) is 0 Å². The first-order valence-corrected chi connectivity index (χ1v) is 9.73. The molecular weight excluding hydrogens is 328 g/mol. The molecule has 3 rings (SSSR count). The van der Waals surface area contributed by atoms with E-state index >= 15 is 0 Å². The Bertz CT molecular complexity index is 674. The van der Waals surface area contributed by atoms with E-state index in [1.807, 2.05) is 0 Å². The van der Waals surface area contributed by atoms with E-state index < -0.39 is 16.5 Å². The van der Waals surface area contributed by atoms with Crippen LogP contribution in [-0.4, -0.2) is 52.7 Å². The number of rotatable bonds is 5. The molecule has 1 saturated heterocycles. The highest BCUT2D eigenvalue weighted by atomic mass is 32.3. The lowest BCUT2D eigenvalue weighted by Gasteiger charge is -2.30. The van der Waals surface area contributed by atoms with E-state index in [9.17, 15) is 13.9 Å². The van der Waals surface area contributed by atoms with Crippen molar-refractivity contribution in [3.05, 3.63) is 34.7 Å². The number of nitrogens with one attached hydrogen (secondary N) is 1. The van der Waals surface area contributed by atoms with Gasteiger partial charge in [-0.2, -0.15) is 0 Å². The number of hydrogen-bond donors (Lipinski definition) is 3. The van der Waals surface area contributed by atoms with Crippen molar-refractivity contribution in [3.8, 4) is 0 Å². The number of likely N-dealkylation sites (N-methyl/N-ethyl adjacent to an activating group) is 1. The van der Waals surface area contributed by atoms with Crippen LogP contribution in [0.15, 0.2) is 34.1 Å². The molecular formula is C17H24N2O4S. The fourth-order valence-electron chi connectivity index (χ4n) is 3.53. The molecule has 2 aliphatic heterocycles. The molecule has 0 saturated carbocycles. The van der Waals surface area contributed by atoms with Crippen LogP contribution in [0.3, 0.4) is 0 Å². The summed E-state index contributed by atoms with van der Waals surface area (Å²) in [5, 5.41) is 2.87. The van der Waals surface area contributed by atoms with Crippen molar-refractivity contribution in [3.63, 3.8) is 0 Å². The van der Waals surface area contributed by atoms with Crippen molar-refractivity contribution in [2.75, 3.05) is 26.7 Å². The van der Waals surface area contributed by atoms with Crippen LogP contribution in [0.4, 0.5) is 0 Å². The summed E-state index contributed by atoms with van der Waals surface area (Å²) in [7, 11) is -1.90.